The minimum absolute atomic E-state index is 0.105. The molecular weight excluding hydrogens is 398 g/mol. The Bertz CT molecular complexity index is 584. The Morgan fingerprint density at radius 3 is 2.90 bits per heavy atom. The SMILES string of the molecule is C=CCOc1ccc(C2=CCC(Br)C(=O)N2CC)c(Br)c1. The van der Waals surface area contributed by atoms with Crippen molar-refractivity contribution in [3.63, 3.8) is 0 Å². The summed E-state index contributed by atoms with van der Waals surface area (Å²) in [6.07, 6.45) is 4.50. The van der Waals surface area contributed by atoms with Gasteiger partial charge < -0.3 is 9.64 Å². The summed E-state index contributed by atoms with van der Waals surface area (Å²) >= 11 is 6.99. The van der Waals surface area contributed by atoms with Crippen molar-refractivity contribution in [2.24, 2.45) is 0 Å². The van der Waals surface area contributed by atoms with E-state index in [1.807, 2.05) is 25.1 Å². The maximum absolute atomic E-state index is 12.2. The van der Waals surface area contributed by atoms with Gasteiger partial charge in [-0.1, -0.05) is 34.7 Å². The first-order chi connectivity index (χ1) is 10.1. The number of carbonyl (C=O) groups excluding carboxylic acids is 1. The largest absolute Gasteiger partial charge is 0.490 e. The van der Waals surface area contributed by atoms with E-state index < -0.39 is 0 Å². The minimum Gasteiger partial charge on any atom is -0.490 e. The predicted molar refractivity (Wildman–Crippen MR) is 92.5 cm³/mol. The number of benzene rings is 1. The van der Waals surface area contributed by atoms with E-state index in [1.165, 1.54) is 0 Å². The van der Waals surface area contributed by atoms with Crippen molar-refractivity contribution < 1.29 is 9.53 Å². The lowest BCUT2D eigenvalue weighted by atomic mass is 10.0. The molecule has 0 bridgehead atoms. The third-order valence-electron chi connectivity index (χ3n) is 3.24. The van der Waals surface area contributed by atoms with Crippen LogP contribution in [0.2, 0.25) is 0 Å². The molecule has 1 amide bonds. The number of hydrogen-bond donors (Lipinski definition) is 0. The fourth-order valence-electron chi connectivity index (χ4n) is 2.24. The lowest BCUT2D eigenvalue weighted by molar-refractivity contribution is -0.127. The van der Waals surface area contributed by atoms with Gasteiger partial charge in [0.15, 0.2) is 0 Å². The summed E-state index contributed by atoms with van der Waals surface area (Å²) in [4.78, 5) is 13.9. The molecule has 0 saturated carbocycles. The number of rotatable bonds is 5. The van der Waals surface area contributed by atoms with Gasteiger partial charge in [0.05, 0.1) is 4.83 Å². The molecule has 1 aromatic carbocycles. The van der Waals surface area contributed by atoms with Crippen molar-refractivity contribution >= 4 is 43.5 Å². The van der Waals surface area contributed by atoms with Crippen molar-refractivity contribution in [2.75, 3.05) is 13.2 Å². The summed E-state index contributed by atoms with van der Waals surface area (Å²) in [5, 5.41) is 0. The molecule has 1 aromatic rings. The highest BCUT2D eigenvalue weighted by Crippen LogP contribution is 2.34. The summed E-state index contributed by atoms with van der Waals surface area (Å²) in [6.45, 7) is 6.73. The first-order valence-corrected chi connectivity index (χ1v) is 8.48. The zero-order chi connectivity index (χ0) is 15.4. The molecule has 0 saturated heterocycles. The van der Waals surface area contributed by atoms with Crippen LogP contribution in [0.15, 0.2) is 41.4 Å². The molecule has 1 heterocycles. The van der Waals surface area contributed by atoms with E-state index in [0.717, 1.165) is 21.5 Å². The fourth-order valence-corrected chi connectivity index (χ4v) is 3.24. The van der Waals surface area contributed by atoms with Gasteiger partial charge >= 0.3 is 0 Å². The Morgan fingerprint density at radius 1 is 1.52 bits per heavy atom. The zero-order valence-corrected chi connectivity index (χ0v) is 15.0. The summed E-state index contributed by atoms with van der Waals surface area (Å²) in [5.41, 5.74) is 1.94. The quantitative estimate of drug-likeness (QED) is 0.528. The molecule has 2 rings (SSSR count). The minimum atomic E-state index is -0.129. The van der Waals surface area contributed by atoms with Gasteiger partial charge in [-0.25, -0.2) is 0 Å². The molecule has 112 valence electrons. The second kappa shape index (κ2) is 7.27. The molecule has 5 heteroatoms. The number of alkyl halides is 1. The Balaban J connectivity index is 2.32. The number of ether oxygens (including phenoxy) is 1. The van der Waals surface area contributed by atoms with Crippen LogP contribution in [0.3, 0.4) is 0 Å². The van der Waals surface area contributed by atoms with Gasteiger partial charge in [-0.15, -0.1) is 0 Å². The second-order valence-electron chi connectivity index (χ2n) is 4.62. The van der Waals surface area contributed by atoms with Crippen LogP contribution in [0.4, 0.5) is 0 Å². The molecule has 0 aromatic heterocycles. The molecule has 0 fully saturated rings. The topological polar surface area (TPSA) is 29.5 Å². The monoisotopic (exact) mass is 413 g/mol. The van der Waals surface area contributed by atoms with Gasteiger partial charge in [0.2, 0.25) is 5.91 Å². The number of hydrogen-bond acceptors (Lipinski definition) is 2. The number of halogens is 2. The predicted octanol–water partition coefficient (Wildman–Crippen LogP) is 4.37. The average molecular weight is 415 g/mol. The lowest BCUT2D eigenvalue weighted by Crippen LogP contribution is -2.38. The Kier molecular flexibility index (Phi) is 5.65. The molecule has 1 atom stereocenters. The number of allylic oxidation sites excluding steroid dienone is 1. The molecule has 0 radical (unpaired) electrons. The van der Waals surface area contributed by atoms with Gasteiger partial charge in [-0.05, 0) is 47.5 Å². The Labute approximate surface area is 141 Å². The summed E-state index contributed by atoms with van der Waals surface area (Å²) in [5.74, 6) is 0.878. The highest BCUT2D eigenvalue weighted by molar-refractivity contribution is 9.10. The molecule has 0 aliphatic carbocycles. The number of amides is 1. The first-order valence-electron chi connectivity index (χ1n) is 6.77. The molecule has 0 N–H and O–H groups in total. The molecule has 3 nitrogen and oxygen atoms in total. The van der Waals surface area contributed by atoms with E-state index in [-0.39, 0.29) is 10.7 Å². The van der Waals surface area contributed by atoms with Crippen LogP contribution in [0, 0.1) is 0 Å². The zero-order valence-electron chi connectivity index (χ0n) is 11.8. The van der Waals surface area contributed by atoms with Crippen molar-refractivity contribution in [1.82, 2.24) is 4.90 Å². The van der Waals surface area contributed by atoms with Crippen LogP contribution >= 0.6 is 31.9 Å². The third kappa shape index (κ3) is 3.58. The maximum Gasteiger partial charge on any atom is 0.241 e. The van der Waals surface area contributed by atoms with Gasteiger partial charge in [0.25, 0.3) is 0 Å². The summed E-state index contributed by atoms with van der Waals surface area (Å²) in [6, 6.07) is 5.79. The molecule has 1 aliphatic rings. The summed E-state index contributed by atoms with van der Waals surface area (Å²) in [7, 11) is 0. The average Bonchev–Trinajstić information content (AvgIpc) is 2.48. The van der Waals surface area contributed by atoms with E-state index in [1.54, 1.807) is 11.0 Å². The Morgan fingerprint density at radius 2 is 2.29 bits per heavy atom. The van der Waals surface area contributed by atoms with Crippen molar-refractivity contribution in [3.8, 4) is 5.75 Å². The van der Waals surface area contributed by atoms with Crippen LogP contribution in [0.25, 0.3) is 5.70 Å². The van der Waals surface area contributed by atoms with Gasteiger partial charge in [-0.3, -0.25) is 4.79 Å². The number of carbonyl (C=O) groups is 1. The van der Waals surface area contributed by atoms with E-state index in [4.69, 9.17) is 4.74 Å². The van der Waals surface area contributed by atoms with Crippen molar-refractivity contribution in [1.29, 1.82) is 0 Å². The van der Waals surface area contributed by atoms with E-state index in [0.29, 0.717) is 19.6 Å². The van der Waals surface area contributed by atoms with Crippen LogP contribution in [0.5, 0.6) is 5.75 Å². The standard InChI is InChI=1S/C16H17Br2NO2/c1-3-9-21-11-5-6-12(14(18)10-11)15-8-7-13(17)16(20)19(15)4-2/h3,5-6,8,10,13H,1,4,7,9H2,2H3. The Hall–Kier alpha value is -1.07. The molecule has 21 heavy (non-hydrogen) atoms. The van der Waals surface area contributed by atoms with Crippen molar-refractivity contribution in [2.45, 2.75) is 18.2 Å². The maximum atomic E-state index is 12.2. The van der Waals surface area contributed by atoms with Gasteiger partial charge in [0, 0.05) is 22.3 Å². The lowest BCUT2D eigenvalue weighted by Gasteiger charge is -2.31. The first kappa shape index (κ1) is 16.3. The molecule has 0 spiro atoms. The van der Waals surface area contributed by atoms with Crippen molar-refractivity contribution in [3.05, 3.63) is 47.0 Å². The van der Waals surface area contributed by atoms with E-state index in [2.05, 4.69) is 44.5 Å². The molecule has 1 aliphatic heterocycles. The second-order valence-corrected chi connectivity index (χ2v) is 6.58. The van der Waals surface area contributed by atoms with Crippen LogP contribution in [0.1, 0.15) is 18.9 Å². The highest BCUT2D eigenvalue weighted by Gasteiger charge is 2.28. The van der Waals surface area contributed by atoms with Crippen LogP contribution < -0.4 is 4.74 Å². The third-order valence-corrected chi connectivity index (χ3v) is 4.67. The van der Waals surface area contributed by atoms with Crippen LogP contribution in [-0.4, -0.2) is 28.8 Å². The van der Waals surface area contributed by atoms with Gasteiger partial charge in [0.1, 0.15) is 12.4 Å². The van der Waals surface area contributed by atoms with Crippen LogP contribution in [-0.2, 0) is 4.79 Å². The number of nitrogens with zero attached hydrogens (tertiary/aromatic N) is 1. The summed E-state index contributed by atoms with van der Waals surface area (Å²) < 4.78 is 6.43. The highest BCUT2D eigenvalue weighted by atomic mass is 79.9. The molecular formula is C16H17Br2NO2. The fraction of sp³-hybridized carbons (Fsp3) is 0.312. The normalized spacial score (nSPS) is 18.4. The molecule has 1 unspecified atom stereocenters. The smallest absolute Gasteiger partial charge is 0.241 e. The van der Waals surface area contributed by atoms with Gasteiger partial charge in [-0.2, -0.15) is 0 Å². The van der Waals surface area contributed by atoms with E-state index >= 15 is 0 Å². The van der Waals surface area contributed by atoms with E-state index in [9.17, 15) is 4.79 Å².